The molecule has 0 aliphatic carbocycles. The van der Waals surface area contributed by atoms with Crippen LogP contribution < -0.4 is 5.32 Å². The van der Waals surface area contributed by atoms with Crippen LogP contribution in [-0.2, 0) is 5.54 Å². The van der Waals surface area contributed by atoms with E-state index in [4.69, 9.17) is 0 Å². The molecule has 22 heavy (non-hydrogen) atoms. The van der Waals surface area contributed by atoms with E-state index in [0.29, 0.717) is 11.5 Å². The molecular formula is C16H18FN3O2. The number of carboxylic acids is 1. The highest BCUT2D eigenvalue weighted by molar-refractivity contribution is 5.94. The highest BCUT2D eigenvalue weighted by Gasteiger charge is 2.37. The number of hydrogen-bond acceptors (Lipinski definition) is 3. The predicted octanol–water partition coefficient (Wildman–Crippen LogP) is 3.32. The van der Waals surface area contributed by atoms with E-state index in [2.05, 4.69) is 10.4 Å². The van der Waals surface area contributed by atoms with Gasteiger partial charge < -0.3 is 10.4 Å². The molecule has 1 aliphatic heterocycles. The molecule has 2 N–H and O–H groups in total. The number of rotatable bonds is 2. The fourth-order valence-electron chi connectivity index (χ4n) is 3.05. The van der Waals surface area contributed by atoms with E-state index in [1.165, 1.54) is 12.1 Å². The number of benzene rings is 1. The molecule has 3 rings (SSSR count). The number of nitrogens with one attached hydrogen (secondary N) is 1. The predicted molar refractivity (Wildman–Crippen MR) is 80.6 cm³/mol. The normalized spacial score (nSPS) is 19.4. The van der Waals surface area contributed by atoms with Crippen LogP contribution in [-0.4, -0.2) is 20.9 Å². The number of halogens is 1. The Bertz CT molecular complexity index is 735. The number of anilines is 1. The number of aryl methyl sites for hydroxylation is 1. The van der Waals surface area contributed by atoms with Crippen molar-refractivity contribution in [3.8, 4) is 0 Å². The van der Waals surface area contributed by atoms with Crippen molar-refractivity contribution in [2.45, 2.75) is 38.8 Å². The molecule has 0 amide bonds. The largest absolute Gasteiger partial charge is 0.477 e. The van der Waals surface area contributed by atoms with Gasteiger partial charge in [0.15, 0.2) is 0 Å². The van der Waals surface area contributed by atoms with E-state index in [-0.39, 0.29) is 23.0 Å². The van der Waals surface area contributed by atoms with Gasteiger partial charge in [-0.15, -0.1) is 0 Å². The second-order valence-electron chi connectivity index (χ2n) is 6.29. The first kappa shape index (κ1) is 14.6. The number of aromatic carboxylic acids is 1. The number of carbonyl (C=O) groups is 1. The van der Waals surface area contributed by atoms with E-state index in [1.807, 2.05) is 13.8 Å². The number of nitrogens with zero attached hydrogens (tertiary/aromatic N) is 2. The molecular weight excluding hydrogens is 285 g/mol. The van der Waals surface area contributed by atoms with Gasteiger partial charge in [-0.1, -0.05) is 12.1 Å². The molecule has 1 atom stereocenters. The molecule has 5 nitrogen and oxygen atoms in total. The molecule has 1 aliphatic rings. The smallest absolute Gasteiger partial charge is 0.341 e. The van der Waals surface area contributed by atoms with E-state index >= 15 is 0 Å². The average molecular weight is 303 g/mol. The maximum Gasteiger partial charge on any atom is 0.341 e. The minimum Gasteiger partial charge on any atom is -0.477 e. The van der Waals surface area contributed by atoms with Crippen LogP contribution in [0, 0.1) is 12.7 Å². The van der Waals surface area contributed by atoms with Crippen molar-refractivity contribution in [1.29, 1.82) is 0 Å². The molecule has 0 spiro atoms. The molecule has 1 unspecified atom stereocenters. The quantitative estimate of drug-likeness (QED) is 0.893. The Kier molecular flexibility index (Phi) is 3.20. The van der Waals surface area contributed by atoms with Gasteiger partial charge >= 0.3 is 5.97 Å². The van der Waals surface area contributed by atoms with Gasteiger partial charge in [-0.2, -0.15) is 5.10 Å². The molecule has 0 fully saturated rings. The molecule has 1 aromatic heterocycles. The highest BCUT2D eigenvalue weighted by atomic mass is 19.1. The van der Waals surface area contributed by atoms with Gasteiger partial charge in [0.25, 0.3) is 0 Å². The maximum absolute atomic E-state index is 13.1. The standard InChI is InChI=1S/C16H18FN3O2/c1-9-13(15(21)22)14-18-12(8-16(2,3)20(14)19-9)10-4-6-11(17)7-5-10/h4-7,12,18H,8H2,1-3H3,(H,21,22). The summed E-state index contributed by atoms with van der Waals surface area (Å²) in [7, 11) is 0. The summed E-state index contributed by atoms with van der Waals surface area (Å²) in [6, 6.07) is 6.20. The van der Waals surface area contributed by atoms with Crippen LogP contribution in [0.1, 0.15) is 47.9 Å². The lowest BCUT2D eigenvalue weighted by Gasteiger charge is -2.38. The number of fused-ring (bicyclic) bond motifs is 1. The Morgan fingerprint density at radius 3 is 2.64 bits per heavy atom. The van der Waals surface area contributed by atoms with Crippen molar-refractivity contribution >= 4 is 11.8 Å². The molecule has 0 bridgehead atoms. The monoisotopic (exact) mass is 303 g/mol. The van der Waals surface area contributed by atoms with Crippen molar-refractivity contribution in [2.75, 3.05) is 5.32 Å². The molecule has 6 heteroatoms. The van der Waals surface area contributed by atoms with Crippen LogP contribution in [0.2, 0.25) is 0 Å². The lowest BCUT2D eigenvalue weighted by Crippen LogP contribution is -2.38. The summed E-state index contributed by atoms with van der Waals surface area (Å²) in [5.41, 5.74) is 1.27. The summed E-state index contributed by atoms with van der Waals surface area (Å²) in [4.78, 5) is 11.5. The van der Waals surface area contributed by atoms with Crippen molar-refractivity contribution in [1.82, 2.24) is 9.78 Å². The molecule has 2 heterocycles. The second-order valence-corrected chi connectivity index (χ2v) is 6.29. The van der Waals surface area contributed by atoms with Gasteiger partial charge in [0.05, 0.1) is 17.3 Å². The first-order chi connectivity index (χ1) is 10.3. The van der Waals surface area contributed by atoms with E-state index in [9.17, 15) is 14.3 Å². The molecule has 2 aromatic rings. The Labute approximate surface area is 127 Å². The molecule has 0 saturated heterocycles. The van der Waals surface area contributed by atoms with Gasteiger partial charge in [-0.25, -0.2) is 13.9 Å². The Morgan fingerprint density at radius 1 is 1.41 bits per heavy atom. The molecule has 0 radical (unpaired) electrons. The summed E-state index contributed by atoms with van der Waals surface area (Å²) in [5, 5.41) is 17.1. The summed E-state index contributed by atoms with van der Waals surface area (Å²) in [6.45, 7) is 5.73. The summed E-state index contributed by atoms with van der Waals surface area (Å²) in [6.07, 6.45) is 0.728. The third-order valence-corrected chi connectivity index (χ3v) is 4.13. The van der Waals surface area contributed by atoms with Crippen LogP contribution in [0.3, 0.4) is 0 Å². The highest BCUT2D eigenvalue weighted by Crippen LogP contribution is 2.40. The first-order valence-electron chi connectivity index (χ1n) is 7.15. The maximum atomic E-state index is 13.1. The average Bonchev–Trinajstić information content (AvgIpc) is 2.76. The first-order valence-corrected chi connectivity index (χ1v) is 7.15. The van der Waals surface area contributed by atoms with Gasteiger partial charge in [0.2, 0.25) is 0 Å². The number of carboxylic acid groups (broad SMARTS) is 1. The topological polar surface area (TPSA) is 67.2 Å². The number of hydrogen-bond donors (Lipinski definition) is 2. The van der Waals surface area contributed by atoms with E-state index < -0.39 is 5.97 Å². The van der Waals surface area contributed by atoms with Gasteiger partial charge in [0, 0.05) is 0 Å². The molecule has 0 saturated carbocycles. The minimum atomic E-state index is -0.998. The van der Waals surface area contributed by atoms with E-state index in [0.717, 1.165) is 12.0 Å². The van der Waals surface area contributed by atoms with Gasteiger partial charge in [-0.3, -0.25) is 0 Å². The number of aromatic nitrogens is 2. The van der Waals surface area contributed by atoms with Crippen molar-refractivity contribution < 1.29 is 14.3 Å². The summed E-state index contributed by atoms with van der Waals surface area (Å²) < 4.78 is 14.8. The molecule has 116 valence electrons. The van der Waals surface area contributed by atoms with Gasteiger partial charge in [-0.05, 0) is 44.9 Å². The van der Waals surface area contributed by atoms with Crippen LogP contribution in [0.25, 0.3) is 0 Å². The summed E-state index contributed by atoms with van der Waals surface area (Å²) >= 11 is 0. The Hall–Kier alpha value is -2.37. The third-order valence-electron chi connectivity index (χ3n) is 4.13. The second kappa shape index (κ2) is 4.83. The zero-order chi connectivity index (χ0) is 16.1. The van der Waals surface area contributed by atoms with Crippen LogP contribution in [0.5, 0.6) is 0 Å². The van der Waals surface area contributed by atoms with Crippen molar-refractivity contribution in [2.24, 2.45) is 0 Å². The Morgan fingerprint density at radius 2 is 2.05 bits per heavy atom. The Balaban J connectivity index is 2.08. The van der Waals surface area contributed by atoms with Crippen molar-refractivity contribution in [3.63, 3.8) is 0 Å². The minimum absolute atomic E-state index is 0.0858. The van der Waals surface area contributed by atoms with Gasteiger partial charge in [0.1, 0.15) is 17.2 Å². The lowest BCUT2D eigenvalue weighted by molar-refractivity contribution is 0.0696. The van der Waals surface area contributed by atoms with Crippen LogP contribution in [0.15, 0.2) is 24.3 Å². The zero-order valence-corrected chi connectivity index (χ0v) is 12.7. The third kappa shape index (κ3) is 2.24. The summed E-state index contributed by atoms with van der Waals surface area (Å²) in [5.74, 6) is -0.775. The lowest BCUT2D eigenvalue weighted by atomic mass is 9.89. The fraction of sp³-hybridized carbons (Fsp3) is 0.375. The SMILES string of the molecule is Cc1nn2c(c1C(=O)O)NC(c1ccc(F)cc1)CC2(C)C. The van der Waals surface area contributed by atoms with Crippen LogP contribution >= 0.6 is 0 Å². The zero-order valence-electron chi connectivity index (χ0n) is 12.7. The van der Waals surface area contributed by atoms with Crippen molar-refractivity contribution in [3.05, 3.63) is 46.9 Å². The van der Waals surface area contributed by atoms with E-state index in [1.54, 1.807) is 23.7 Å². The molecule has 1 aromatic carbocycles. The fourth-order valence-corrected chi connectivity index (χ4v) is 3.05. The van der Waals surface area contributed by atoms with Crippen LogP contribution in [0.4, 0.5) is 10.2 Å².